The molecule has 0 saturated carbocycles. The summed E-state index contributed by atoms with van der Waals surface area (Å²) < 4.78 is 41.9. The number of carbonyl (C=O) groups excluding carboxylic acids is 1. The van der Waals surface area contributed by atoms with Crippen LogP contribution in [0.2, 0.25) is 5.02 Å². The molecule has 5 nitrogen and oxygen atoms in total. The van der Waals surface area contributed by atoms with Crippen LogP contribution in [0.15, 0.2) is 65.6 Å². The van der Waals surface area contributed by atoms with Gasteiger partial charge in [0, 0.05) is 13.1 Å². The number of hydrogen-bond donors (Lipinski definition) is 1. The van der Waals surface area contributed by atoms with E-state index in [-0.39, 0.29) is 27.7 Å². The molecule has 0 aromatic heterocycles. The molecule has 8 heteroatoms. The molecule has 0 unspecified atom stereocenters. The van der Waals surface area contributed by atoms with Crippen LogP contribution in [-0.4, -0.2) is 25.2 Å². The molecular formula is C23H20ClFN2O3S. The van der Waals surface area contributed by atoms with Crippen LogP contribution in [0.3, 0.4) is 0 Å². The molecule has 0 atom stereocenters. The highest BCUT2D eigenvalue weighted by Crippen LogP contribution is 2.28. The fourth-order valence-electron chi connectivity index (χ4n) is 3.59. The third-order valence-electron chi connectivity index (χ3n) is 5.29. The molecule has 1 heterocycles. The van der Waals surface area contributed by atoms with Crippen LogP contribution in [0.5, 0.6) is 0 Å². The number of hydrogen-bond acceptors (Lipinski definition) is 3. The first-order valence-electron chi connectivity index (χ1n) is 9.70. The minimum atomic E-state index is -3.84. The van der Waals surface area contributed by atoms with Gasteiger partial charge in [0.2, 0.25) is 10.0 Å². The van der Waals surface area contributed by atoms with Gasteiger partial charge in [0.1, 0.15) is 5.82 Å². The van der Waals surface area contributed by atoms with Crippen molar-refractivity contribution >= 4 is 33.2 Å². The van der Waals surface area contributed by atoms with E-state index in [1.54, 1.807) is 13.0 Å². The van der Waals surface area contributed by atoms with Crippen molar-refractivity contribution in [2.45, 2.75) is 24.8 Å². The van der Waals surface area contributed by atoms with Crippen molar-refractivity contribution in [3.63, 3.8) is 0 Å². The molecule has 1 aliphatic rings. The Labute approximate surface area is 185 Å². The molecule has 3 aromatic rings. The van der Waals surface area contributed by atoms with Gasteiger partial charge in [0.15, 0.2) is 0 Å². The summed E-state index contributed by atoms with van der Waals surface area (Å²) in [4.78, 5) is 12.7. The number of carbonyl (C=O) groups is 1. The highest BCUT2D eigenvalue weighted by molar-refractivity contribution is 7.89. The van der Waals surface area contributed by atoms with E-state index in [0.29, 0.717) is 13.0 Å². The molecule has 31 heavy (non-hydrogen) atoms. The normalized spacial score (nSPS) is 14.2. The summed E-state index contributed by atoms with van der Waals surface area (Å²) >= 11 is 6.17. The van der Waals surface area contributed by atoms with Crippen LogP contribution in [-0.2, 0) is 23.0 Å². The average Bonchev–Trinajstić information content (AvgIpc) is 2.76. The number of sulfonamides is 1. The molecule has 0 fully saturated rings. The third kappa shape index (κ3) is 4.35. The van der Waals surface area contributed by atoms with E-state index in [1.165, 1.54) is 34.6 Å². The molecule has 0 spiro atoms. The molecule has 1 N–H and O–H groups in total. The maximum Gasteiger partial charge on any atom is 0.257 e. The second kappa shape index (κ2) is 8.42. The molecule has 160 valence electrons. The number of rotatable bonds is 4. The van der Waals surface area contributed by atoms with Gasteiger partial charge in [-0.05, 0) is 60.4 Å². The molecule has 1 amide bonds. The van der Waals surface area contributed by atoms with Crippen LogP contribution in [0, 0.1) is 12.7 Å². The van der Waals surface area contributed by atoms with Gasteiger partial charge >= 0.3 is 0 Å². The van der Waals surface area contributed by atoms with Crippen molar-refractivity contribution in [1.82, 2.24) is 4.31 Å². The zero-order valence-corrected chi connectivity index (χ0v) is 18.3. The Kier molecular flexibility index (Phi) is 5.83. The second-order valence-corrected chi connectivity index (χ2v) is 9.78. The fourth-order valence-corrected chi connectivity index (χ4v) is 5.24. The molecule has 0 radical (unpaired) electrons. The smallest absolute Gasteiger partial charge is 0.257 e. The Balaban J connectivity index is 1.63. The molecule has 3 aromatic carbocycles. The van der Waals surface area contributed by atoms with E-state index < -0.39 is 21.7 Å². The lowest BCUT2D eigenvalue weighted by Gasteiger charge is -2.28. The predicted molar refractivity (Wildman–Crippen MR) is 118 cm³/mol. The highest BCUT2D eigenvalue weighted by atomic mass is 35.5. The highest BCUT2D eigenvalue weighted by Gasteiger charge is 2.29. The Morgan fingerprint density at radius 2 is 1.81 bits per heavy atom. The Morgan fingerprint density at radius 1 is 1.06 bits per heavy atom. The lowest BCUT2D eigenvalue weighted by molar-refractivity contribution is 0.102. The van der Waals surface area contributed by atoms with Gasteiger partial charge in [-0.3, -0.25) is 4.79 Å². The van der Waals surface area contributed by atoms with Crippen LogP contribution < -0.4 is 5.32 Å². The van der Waals surface area contributed by atoms with Crippen molar-refractivity contribution in [1.29, 1.82) is 0 Å². The lowest BCUT2D eigenvalue weighted by Crippen LogP contribution is -2.36. The summed E-state index contributed by atoms with van der Waals surface area (Å²) in [5.41, 5.74) is 2.82. The first kappa shape index (κ1) is 21.5. The topological polar surface area (TPSA) is 66.5 Å². The van der Waals surface area contributed by atoms with Crippen molar-refractivity contribution in [2.75, 3.05) is 11.9 Å². The number of anilines is 1. The Morgan fingerprint density at radius 3 is 2.58 bits per heavy atom. The first-order chi connectivity index (χ1) is 14.8. The third-order valence-corrected chi connectivity index (χ3v) is 7.46. The van der Waals surface area contributed by atoms with E-state index in [2.05, 4.69) is 5.32 Å². The summed E-state index contributed by atoms with van der Waals surface area (Å²) in [6, 6.07) is 16.0. The average molecular weight is 459 g/mol. The summed E-state index contributed by atoms with van der Waals surface area (Å²) in [6.45, 7) is 2.38. The first-order valence-corrected chi connectivity index (χ1v) is 11.5. The van der Waals surface area contributed by atoms with Gasteiger partial charge in [-0.2, -0.15) is 4.31 Å². The Hall–Kier alpha value is -2.74. The summed E-state index contributed by atoms with van der Waals surface area (Å²) in [6.07, 6.45) is 0.614. The van der Waals surface area contributed by atoms with Gasteiger partial charge in [-0.15, -0.1) is 0 Å². The van der Waals surface area contributed by atoms with Gasteiger partial charge in [-0.1, -0.05) is 41.9 Å². The number of halogens is 2. The largest absolute Gasteiger partial charge is 0.319 e. The standard InChI is InChI=1S/C23H20ClFN2O3S/c1-15-6-9-21(25)22(12-15)26-23(28)19-13-18(7-8-20(19)24)31(29,30)27-11-10-16-4-2-3-5-17(16)14-27/h2-9,12-13H,10-11,14H2,1H3,(H,26,28). The number of nitrogens with one attached hydrogen (secondary N) is 1. The van der Waals surface area contributed by atoms with Crippen LogP contribution in [0.4, 0.5) is 10.1 Å². The molecule has 4 rings (SSSR count). The number of aryl methyl sites for hydroxylation is 1. The predicted octanol–water partition coefficient (Wildman–Crippen LogP) is 4.79. The van der Waals surface area contributed by atoms with Crippen molar-refractivity contribution in [2.24, 2.45) is 0 Å². The van der Waals surface area contributed by atoms with Gasteiger partial charge in [0.25, 0.3) is 5.91 Å². The molecular weight excluding hydrogens is 439 g/mol. The van der Waals surface area contributed by atoms with Gasteiger partial charge in [-0.25, -0.2) is 12.8 Å². The minimum Gasteiger partial charge on any atom is -0.319 e. The lowest BCUT2D eigenvalue weighted by atomic mass is 10.0. The van der Waals surface area contributed by atoms with E-state index in [1.807, 2.05) is 24.3 Å². The van der Waals surface area contributed by atoms with Gasteiger partial charge in [0.05, 0.1) is 21.2 Å². The van der Waals surface area contributed by atoms with E-state index in [0.717, 1.165) is 16.7 Å². The van der Waals surface area contributed by atoms with Crippen molar-refractivity contribution < 1.29 is 17.6 Å². The maximum absolute atomic E-state index is 14.0. The molecule has 0 saturated heterocycles. The maximum atomic E-state index is 14.0. The van der Waals surface area contributed by atoms with Crippen molar-refractivity contribution in [3.8, 4) is 0 Å². The fraction of sp³-hybridized carbons (Fsp3) is 0.174. The van der Waals surface area contributed by atoms with E-state index >= 15 is 0 Å². The summed E-state index contributed by atoms with van der Waals surface area (Å²) in [5.74, 6) is -1.28. The number of nitrogens with zero attached hydrogens (tertiary/aromatic N) is 1. The van der Waals surface area contributed by atoms with Crippen LogP contribution >= 0.6 is 11.6 Å². The Bertz CT molecular complexity index is 1280. The van der Waals surface area contributed by atoms with Crippen LogP contribution in [0.1, 0.15) is 27.0 Å². The van der Waals surface area contributed by atoms with E-state index in [9.17, 15) is 17.6 Å². The number of benzene rings is 3. The van der Waals surface area contributed by atoms with Gasteiger partial charge < -0.3 is 5.32 Å². The van der Waals surface area contributed by atoms with Crippen LogP contribution in [0.25, 0.3) is 0 Å². The second-order valence-electron chi connectivity index (χ2n) is 7.44. The zero-order valence-electron chi connectivity index (χ0n) is 16.7. The SMILES string of the molecule is Cc1ccc(F)c(NC(=O)c2cc(S(=O)(=O)N3CCc4ccccc4C3)ccc2Cl)c1. The number of fused-ring (bicyclic) bond motifs is 1. The quantitative estimate of drug-likeness (QED) is 0.611. The summed E-state index contributed by atoms with van der Waals surface area (Å²) in [5, 5.41) is 2.55. The van der Waals surface area contributed by atoms with E-state index in [4.69, 9.17) is 11.6 Å². The molecule has 0 bridgehead atoms. The zero-order chi connectivity index (χ0) is 22.2. The number of amides is 1. The minimum absolute atomic E-state index is 0.00182. The monoisotopic (exact) mass is 458 g/mol. The van der Waals surface area contributed by atoms with Crippen molar-refractivity contribution in [3.05, 3.63) is 93.8 Å². The molecule has 1 aliphatic heterocycles. The molecule has 0 aliphatic carbocycles. The summed E-state index contributed by atoms with van der Waals surface area (Å²) in [7, 11) is -3.84.